The lowest BCUT2D eigenvalue weighted by Gasteiger charge is -2.24. The molecule has 0 spiro atoms. The molecule has 6 heteroatoms. The van der Waals surface area contributed by atoms with E-state index in [1.54, 1.807) is 18.0 Å². The molecule has 0 saturated heterocycles. The molecule has 120 valence electrons. The fraction of sp³-hybridized carbons (Fsp3) is 0.625. The standard InChI is InChI=1S/C16H23N3O2S/c1-3-16(20,4-2)11-22-15-18-17-14(12-7-8-12)19(15)10-13-6-5-9-21-13/h5-6,9,12,20H,3-4,7-8,10-11H2,1-2H3. The Labute approximate surface area is 135 Å². The summed E-state index contributed by atoms with van der Waals surface area (Å²) in [6.45, 7) is 4.70. The highest BCUT2D eigenvalue weighted by molar-refractivity contribution is 7.99. The van der Waals surface area contributed by atoms with Gasteiger partial charge in [-0.15, -0.1) is 10.2 Å². The number of rotatable bonds is 8. The molecular weight excluding hydrogens is 298 g/mol. The van der Waals surface area contributed by atoms with Crippen molar-refractivity contribution in [3.8, 4) is 0 Å². The molecule has 0 bridgehead atoms. The summed E-state index contributed by atoms with van der Waals surface area (Å²) in [6, 6.07) is 3.87. The highest BCUT2D eigenvalue weighted by Gasteiger charge is 2.31. The van der Waals surface area contributed by atoms with Gasteiger partial charge in [0.25, 0.3) is 0 Å². The Morgan fingerprint density at radius 2 is 2.14 bits per heavy atom. The summed E-state index contributed by atoms with van der Waals surface area (Å²) in [5.41, 5.74) is -0.633. The van der Waals surface area contributed by atoms with Crippen molar-refractivity contribution in [1.82, 2.24) is 14.8 Å². The monoisotopic (exact) mass is 321 g/mol. The summed E-state index contributed by atoms with van der Waals surface area (Å²) in [6.07, 6.45) is 5.57. The molecule has 0 unspecified atom stereocenters. The second-order valence-corrected chi connectivity index (χ2v) is 6.94. The first-order valence-corrected chi connectivity index (χ1v) is 8.94. The van der Waals surface area contributed by atoms with Gasteiger partial charge in [-0.2, -0.15) is 0 Å². The van der Waals surface area contributed by atoms with Crippen LogP contribution in [0.5, 0.6) is 0 Å². The van der Waals surface area contributed by atoms with Crippen molar-refractivity contribution in [3.63, 3.8) is 0 Å². The van der Waals surface area contributed by atoms with Gasteiger partial charge < -0.3 is 9.52 Å². The molecule has 1 N–H and O–H groups in total. The van der Waals surface area contributed by atoms with Gasteiger partial charge in [-0.3, -0.25) is 4.57 Å². The first-order chi connectivity index (χ1) is 10.6. The topological polar surface area (TPSA) is 64.1 Å². The average molecular weight is 321 g/mol. The maximum absolute atomic E-state index is 10.5. The maximum Gasteiger partial charge on any atom is 0.191 e. The number of aliphatic hydroxyl groups is 1. The summed E-state index contributed by atoms with van der Waals surface area (Å²) in [5, 5.41) is 20.1. The van der Waals surface area contributed by atoms with E-state index in [0.29, 0.717) is 18.2 Å². The molecule has 5 nitrogen and oxygen atoms in total. The third-order valence-corrected chi connectivity index (χ3v) is 5.61. The van der Waals surface area contributed by atoms with Crippen molar-refractivity contribution >= 4 is 11.8 Å². The zero-order chi connectivity index (χ0) is 15.6. The minimum atomic E-state index is -0.633. The van der Waals surface area contributed by atoms with Crippen LogP contribution in [0.2, 0.25) is 0 Å². The fourth-order valence-corrected chi connectivity index (χ4v) is 3.63. The molecule has 1 aliphatic rings. The predicted molar refractivity (Wildman–Crippen MR) is 86.1 cm³/mol. The lowest BCUT2D eigenvalue weighted by Crippen LogP contribution is -2.29. The summed E-state index contributed by atoms with van der Waals surface area (Å²) in [7, 11) is 0. The Balaban J connectivity index is 1.78. The number of furan rings is 1. The average Bonchev–Trinajstić information content (AvgIpc) is 3.10. The summed E-state index contributed by atoms with van der Waals surface area (Å²) in [5.74, 6) is 3.13. The number of hydrogen-bond acceptors (Lipinski definition) is 5. The lowest BCUT2D eigenvalue weighted by molar-refractivity contribution is 0.0571. The van der Waals surface area contributed by atoms with E-state index >= 15 is 0 Å². The van der Waals surface area contributed by atoms with Crippen LogP contribution >= 0.6 is 11.8 Å². The highest BCUT2D eigenvalue weighted by atomic mass is 32.2. The van der Waals surface area contributed by atoms with Crippen LogP contribution in [0.15, 0.2) is 28.0 Å². The normalized spacial score (nSPS) is 15.4. The van der Waals surface area contributed by atoms with Gasteiger partial charge in [-0.25, -0.2) is 0 Å². The van der Waals surface area contributed by atoms with E-state index in [1.165, 1.54) is 12.8 Å². The van der Waals surface area contributed by atoms with Crippen molar-refractivity contribution in [1.29, 1.82) is 0 Å². The quantitative estimate of drug-likeness (QED) is 0.755. The Morgan fingerprint density at radius 3 is 2.73 bits per heavy atom. The number of nitrogens with zero attached hydrogens (tertiary/aromatic N) is 3. The molecule has 0 aromatic carbocycles. The van der Waals surface area contributed by atoms with Crippen LogP contribution in [0.4, 0.5) is 0 Å². The molecule has 1 aliphatic carbocycles. The molecule has 0 amide bonds. The molecule has 2 aromatic rings. The van der Waals surface area contributed by atoms with Crippen LogP contribution in [0.3, 0.4) is 0 Å². The Hall–Kier alpha value is -1.27. The lowest BCUT2D eigenvalue weighted by atomic mass is 10.0. The number of aromatic nitrogens is 3. The van der Waals surface area contributed by atoms with Gasteiger partial charge >= 0.3 is 0 Å². The maximum atomic E-state index is 10.5. The largest absolute Gasteiger partial charge is 0.467 e. The first kappa shape index (κ1) is 15.6. The van der Waals surface area contributed by atoms with Crippen LogP contribution in [-0.4, -0.2) is 31.2 Å². The SMILES string of the molecule is CCC(O)(CC)CSc1nnc(C2CC2)n1Cc1ccco1. The smallest absolute Gasteiger partial charge is 0.191 e. The Bertz CT molecular complexity index is 601. The van der Waals surface area contributed by atoms with Crippen molar-refractivity contribution in [2.45, 2.75) is 62.8 Å². The van der Waals surface area contributed by atoms with Crippen molar-refractivity contribution < 1.29 is 9.52 Å². The molecule has 22 heavy (non-hydrogen) atoms. The molecule has 0 atom stereocenters. The van der Waals surface area contributed by atoms with Crippen LogP contribution in [0.1, 0.15) is 57.0 Å². The van der Waals surface area contributed by atoms with Crippen LogP contribution < -0.4 is 0 Å². The number of thioether (sulfide) groups is 1. The molecule has 1 saturated carbocycles. The molecule has 2 aromatic heterocycles. The van der Waals surface area contributed by atoms with E-state index in [0.717, 1.165) is 29.6 Å². The first-order valence-electron chi connectivity index (χ1n) is 7.96. The minimum absolute atomic E-state index is 0.535. The molecule has 0 radical (unpaired) electrons. The zero-order valence-electron chi connectivity index (χ0n) is 13.2. The molecule has 1 fully saturated rings. The third-order valence-electron chi connectivity index (χ3n) is 4.37. The molecular formula is C16H23N3O2S. The zero-order valence-corrected chi connectivity index (χ0v) is 14.0. The van der Waals surface area contributed by atoms with Crippen molar-refractivity contribution in [2.75, 3.05) is 5.75 Å². The van der Waals surface area contributed by atoms with Crippen LogP contribution in [0, 0.1) is 0 Å². The van der Waals surface area contributed by atoms with E-state index < -0.39 is 5.60 Å². The van der Waals surface area contributed by atoms with Gasteiger partial charge in [0, 0.05) is 11.7 Å². The summed E-state index contributed by atoms with van der Waals surface area (Å²) >= 11 is 1.59. The van der Waals surface area contributed by atoms with E-state index in [1.807, 2.05) is 26.0 Å². The summed E-state index contributed by atoms with van der Waals surface area (Å²) < 4.78 is 7.62. The van der Waals surface area contributed by atoms with Gasteiger partial charge in [0.05, 0.1) is 18.4 Å². The van der Waals surface area contributed by atoms with Gasteiger partial charge in [0.15, 0.2) is 5.16 Å². The van der Waals surface area contributed by atoms with E-state index in [4.69, 9.17) is 4.42 Å². The second kappa shape index (κ2) is 6.46. The summed E-state index contributed by atoms with van der Waals surface area (Å²) in [4.78, 5) is 0. The predicted octanol–water partition coefficient (Wildman–Crippen LogP) is 3.44. The van der Waals surface area contributed by atoms with Gasteiger partial charge in [0.2, 0.25) is 0 Å². The van der Waals surface area contributed by atoms with Crippen LogP contribution in [-0.2, 0) is 6.54 Å². The van der Waals surface area contributed by atoms with E-state index in [9.17, 15) is 5.11 Å². The Morgan fingerprint density at radius 1 is 1.36 bits per heavy atom. The fourth-order valence-electron chi connectivity index (χ4n) is 2.41. The van der Waals surface area contributed by atoms with Gasteiger partial charge in [0.1, 0.15) is 11.6 Å². The second-order valence-electron chi connectivity index (χ2n) is 6.00. The minimum Gasteiger partial charge on any atom is -0.467 e. The van der Waals surface area contributed by atoms with Crippen molar-refractivity contribution in [3.05, 3.63) is 30.0 Å². The highest BCUT2D eigenvalue weighted by Crippen LogP contribution is 2.40. The van der Waals surface area contributed by atoms with Gasteiger partial charge in [-0.05, 0) is 37.8 Å². The third kappa shape index (κ3) is 3.38. The number of hydrogen-bond donors (Lipinski definition) is 1. The Kier molecular flexibility index (Phi) is 4.59. The van der Waals surface area contributed by atoms with E-state index in [2.05, 4.69) is 14.8 Å². The molecule has 2 heterocycles. The molecule has 3 rings (SSSR count). The van der Waals surface area contributed by atoms with Gasteiger partial charge in [-0.1, -0.05) is 25.6 Å². The van der Waals surface area contributed by atoms with Crippen LogP contribution in [0.25, 0.3) is 0 Å². The van der Waals surface area contributed by atoms with E-state index in [-0.39, 0.29) is 0 Å². The molecule has 0 aliphatic heterocycles. The van der Waals surface area contributed by atoms with Crippen molar-refractivity contribution in [2.24, 2.45) is 0 Å².